The Balaban J connectivity index is 1.51. The highest BCUT2D eigenvalue weighted by atomic mass is 16.6. The lowest BCUT2D eigenvalue weighted by atomic mass is 9.96. The number of piperidine rings is 1. The summed E-state index contributed by atoms with van der Waals surface area (Å²) in [4.78, 5) is 36.5. The molecular formula is C33H49N4O3+. The summed E-state index contributed by atoms with van der Waals surface area (Å²) in [7, 11) is 1.52. The van der Waals surface area contributed by atoms with Crippen LogP contribution >= 0.6 is 0 Å². The number of likely N-dealkylation sites (tertiary alicyclic amines) is 1. The van der Waals surface area contributed by atoms with E-state index in [9.17, 15) is 9.59 Å². The minimum absolute atomic E-state index is 0.206. The third-order valence-corrected chi connectivity index (χ3v) is 6.80. The molecule has 2 rings (SSSR count). The number of carbonyl (C=O) groups is 2. The molecule has 0 bridgehead atoms. The van der Waals surface area contributed by atoms with Gasteiger partial charge >= 0.3 is 11.6 Å². The predicted molar refractivity (Wildman–Crippen MR) is 162 cm³/mol. The van der Waals surface area contributed by atoms with E-state index >= 15 is 0 Å². The van der Waals surface area contributed by atoms with E-state index in [4.69, 9.17) is 4.84 Å². The first-order valence-electron chi connectivity index (χ1n) is 14.8. The third-order valence-electron chi connectivity index (χ3n) is 6.80. The maximum atomic E-state index is 12.6. The molecule has 1 N–H and O–H groups in total. The van der Waals surface area contributed by atoms with Gasteiger partial charge in [-0.05, 0) is 70.6 Å². The number of nitrogens with zero attached hydrogens (tertiary/aromatic N) is 3. The fourth-order valence-electron chi connectivity index (χ4n) is 4.41. The SMILES string of the molecule is CC/C=C\C/C=C\C/C=C\C/C=C\C/C=C\CCCC(=O)N1CCC(CNC(=O)c2cnc(C)c[n+]2OC)CC1. The van der Waals surface area contributed by atoms with E-state index < -0.39 is 0 Å². The topological polar surface area (TPSA) is 75.4 Å². The zero-order chi connectivity index (χ0) is 28.8. The largest absolute Gasteiger partial charge is 0.346 e. The zero-order valence-corrected chi connectivity index (χ0v) is 24.8. The lowest BCUT2D eigenvalue weighted by molar-refractivity contribution is -0.887. The van der Waals surface area contributed by atoms with Crippen LogP contribution in [0.1, 0.15) is 87.3 Å². The summed E-state index contributed by atoms with van der Waals surface area (Å²) >= 11 is 0. The molecule has 7 heteroatoms. The maximum absolute atomic E-state index is 12.6. The monoisotopic (exact) mass is 549 g/mol. The Morgan fingerprint density at radius 3 is 2.12 bits per heavy atom. The van der Waals surface area contributed by atoms with Gasteiger partial charge in [-0.1, -0.05) is 67.7 Å². The van der Waals surface area contributed by atoms with E-state index in [-0.39, 0.29) is 11.8 Å². The van der Waals surface area contributed by atoms with Gasteiger partial charge in [0, 0.05) is 30.8 Å². The highest BCUT2D eigenvalue weighted by Gasteiger charge is 2.25. The molecule has 7 nitrogen and oxygen atoms in total. The summed E-state index contributed by atoms with van der Waals surface area (Å²) in [5.41, 5.74) is 1.14. The fourth-order valence-corrected chi connectivity index (χ4v) is 4.41. The minimum atomic E-state index is -0.206. The Labute approximate surface area is 241 Å². The molecule has 2 amide bonds. The lowest BCUT2D eigenvalue weighted by Gasteiger charge is -2.32. The molecule has 0 atom stereocenters. The van der Waals surface area contributed by atoms with E-state index in [1.165, 1.54) is 18.0 Å². The van der Waals surface area contributed by atoms with Crippen LogP contribution in [0.3, 0.4) is 0 Å². The summed E-state index contributed by atoms with van der Waals surface area (Å²) in [6.07, 6.45) is 34.4. The van der Waals surface area contributed by atoms with Gasteiger partial charge in [0.05, 0.1) is 0 Å². The van der Waals surface area contributed by atoms with Crippen molar-refractivity contribution in [2.24, 2.45) is 5.92 Å². The van der Waals surface area contributed by atoms with E-state index in [2.05, 4.69) is 78.0 Å². The number of allylic oxidation sites excluding steroid dienone is 10. The first kappa shape index (κ1) is 32.7. The van der Waals surface area contributed by atoms with Crippen molar-refractivity contribution in [2.45, 2.75) is 78.1 Å². The summed E-state index contributed by atoms with van der Waals surface area (Å²) in [5, 5.41) is 2.99. The summed E-state index contributed by atoms with van der Waals surface area (Å²) in [6, 6.07) is 0. The molecule has 0 unspecified atom stereocenters. The van der Waals surface area contributed by atoms with Crippen LogP contribution in [-0.4, -0.2) is 48.4 Å². The zero-order valence-electron chi connectivity index (χ0n) is 24.8. The molecule has 0 radical (unpaired) electrons. The first-order valence-corrected chi connectivity index (χ1v) is 14.8. The van der Waals surface area contributed by atoms with E-state index in [0.29, 0.717) is 24.6 Å². The van der Waals surface area contributed by atoms with Crippen molar-refractivity contribution in [3.63, 3.8) is 0 Å². The molecule has 2 heterocycles. The van der Waals surface area contributed by atoms with Gasteiger partial charge in [0.25, 0.3) is 0 Å². The number of aryl methyl sites for hydroxylation is 1. The Morgan fingerprint density at radius 2 is 1.55 bits per heavy atom. The van der Waals surface area contributed by atoms with Crippen LogP contribution < -0.4 is 14.9 Å². The number of carbonyl (C=O) groups excluding carboxylic acids is 2. The van der Waals surface area contributed by atoms with Crippen LogP contribution in [0, 0.1) is 12.8 Å². The van der Waals surface area contributed by atoms with E-state index in [1.807, 2.05) is 11.8 Å². The van der Waals surface area contributed by atoms with Crippen molar-refractivity contribution in [1.82, 2.24) is 15.2 Å². The summed E-state index contributed by atoms with van der Waals surface area (Å²) < 4.78 is 1.43. The Kier molecular flexibility index (Phi) is 16.7. The number of hydrogen-bond acceptors (Lipinski definition) is 4. The number of amides is 2. The number of hydrogen-bond donors (Lipinski definition) is 1. The Bertz CT molecular complexity index is 1030. The van der Waals surface area contributed by atoms with Gasteiger partial charge < -0.3 is 10.2 Å². The van der Waals surface area contributed by atoms with Crippen LogP contribution in [0.4, 0.5) is 0 Å². The molecule has 1 aromatic rings. The number of rotatable bonds is 17. The van der Waals surface area contributed by atoms with Crippen molar-refractivity contribution in [1.29, 1.82) is 0 Å². The molecule has 1 fully saturated rings. The van der Waals surface area contributed by atoms with Crippen molar-refractivity contribution in [3.8, 4) is 0 Å². The normalized spacial score (nSPS) is 14.9. The van der Waals surface area contributed by atoms with Crippen molar-refractivity contribution in [3.05, 3.63) is 84.5 Å². The second-order valence-electron chi connectivity index (χ2n) is 10.1. The van der Waals surface area contributed by atoms with Gasteiger partial charge in [-0.3, -0.25) is 14.4 Å². The quantitative estimate of drug-likeness (QED) is 0.155. The van der Waals surface area contributed by atoms with E-state index in [0.717, 1.165) is 76.6 Å². The maximum Gasteiger partial charge on any atom is 0.339 e. The van der Waals surface area contributed by atoms with Gasteiger partial charge in [-0.2, -0.15) is 0 Å². The van der Waals surface area contributed by atoms with Gasteiger partial charge in [0.1, 0.15) is 19.0 Å². The molecule has 1 aliphatic heterocycles. The number of unbranched alkanes of at least 4 members (excludes halogenated alkanes) is 1. The van der Waals surface area contributed by atoms with Crippen LogP contribution in [0.15, 0.2) is 73.2 Å². The van der Waals surface area contributed by atoms with Crippen molar-refractivity contribution in [2.75, 3.05) is 26.7 Å². The highest BCUT2D eigenvalue weighted by Crippen LogP contribution is 2.18. The second kappa shape index (κ2) is 20.4. The molecule has 0 aliphatic carbocycles. The van der Waals surface area contributed by atoms with Crippen molar-refractivity contribution >= 4 is 11.8 Å². The Hall–Kier alpha value is -3.48. The average molecular weight is 550 g/mol. The van der Waals surface area contributed by atoms with Gasteiger partial charge in [-0.15, -0.1) is 0 Å². The molecular weight excluding hydrogens is 500 g/mol. The molecule has 0 saturated carbocycles. The molecule has 1 aromatic heterocycles. The van der Waals surface area contributed by atoms with Crippen LogP contribution in [0.5, 0.6) is 0 Å². The van der Waals surface area contributed by atoms with Gasteiger partial charge in [0.15, 0.2) is 0 Å². The highest BCUT2D eigenvalue weighted by molar-refractivity contribution is 5.90. The standard InChI is InChI=1S/C33H48N4O3/c1-4-5-6-7-8-9-10-11-12-13-14-15-16-17-18-19-20-21-32(38)36-24-22-30(23-25-36)26-35-33(39)31-27-34-29(2)28-37(31)40-3/h5-6,8-9,11-12,14-15,17-18,27-28,30H,4,7,10,13,16,19-26H2,1-3H3/p+1/b6-5-,9-8-,12-11-,15-14-,18-17-. The molecule has 1 saturated heterocycles. The smallest absolute Gasteiger partial charge is 0.339 e. The number of nitrogens with one attached hydrogen (secondary N) is 1. The third kappa shape index (κ3) is 13.5. The Morgan fingerprint density at radius 1 is 0.975 bits per heavy atom. The summed E-state index contributed by atoms with van der Waals surface area (Å²) in [5.74, 6) is 0.397. The minimum Gasteiger partial charge on any atom is -0.346 e. The first-order chi connectivity index (χ1) is 19.5. The molecule has 0 spiro atoms. The van der Waals surface area contributed by atoms with E-state index in [1.54, 1.807) is 6.20 Å². The average Bonchev–Trinajstić information content (AvgIpc) is 2.97. The predicted octanol–water partition coefficient (Wildman–Crippen LogP) is 5.63. The summed E-state index contributed by atoms with van der Waals surface area (Å²) in [6.45, 7) is 6.09. The second-order valence-corrected chi connectivity index (χ2v) is 10.1. The van der Waals surface area contributed by atoms with Gasteiger partial charge in [0.2, 0.25) is 12.1 Å². The van der Waals surface area contributed by atoms with Crippen LogP contribution in [0.2, 0.25) is 0 Å². The van der Waals surface area contributed by atoms with Crippen molar-refractivity contribution < 1.29 is 19.2 Å². The lowest BCUT2D eigenvalue weighted by Crippen LogP contribution is -2.49. The molecule has 218 valence electrons. The van der Waals surface area contributed by atoms with Crippen LogP contribution in [0.25, 0.3) is 0 Å². The molecule has 0 aromatic carbocycles. The fraction of sp³-hybridized carbons (Fsp3) is 0.515. The van der Waals surface area contributed by atoms with Crippen LogP contribution in [-0.2, 0) is 4.79 Å². The number of aromatic nitrogens is 2. The molecule has 40 heavy (non-hydrogen) atoms. The van der Waals surface area contributed by atoms with Gasteiger partial charge in [-0.25, -0.2) is 4.98 Å². The molecule has 1 aliphatic rings.